The van der Waals surface area contributed by atoms with Crippen molar-refractivity contribution in [3.8, 4) is 0 Å². The number of hydrogen-bond donors (Lipinski definition) is 0. The molecule has 2 rings (SSSR count). The van der Waals surface area contributed by atoms with Gasteiger partial charge in [0.25, 0.3) is 0 Å². The summed E-state index contributed by atoms with van der Waals surface area (Å²) in [4.78, 5) is 5.28. The summed E-state index contributed by atoms with van der Waals surface area (Å²) in [6.07, 6.45) is 6.85. The Labute approximate surface area is 106 Å². The van der Waals surface area contributed by atoms with Crippen LogP contribution in [0.5, 0.6) is 0 Å². The number of hydrogen-bond acceptors (Lipinski definition) is 3. The normalized spacial score (nSPS) is 24.5. The minimum atomic E-state index is 0.910. The average Bonchev–Trinajstić information content (AvgIpc) is 2.85. The minimum Gasteiger partial charge on any atom is -0.385 e. The van der Waals surface area contributed by atoms with Crippen molar-refractivity contribution in [2.24, 2.45) is 5.92 Å². The van der Waals surface area contributed by atoms with Crippen LogP contribution >= 0.6 is 0 Å². The highest BCUT2D eigenvalue weighted by atomic mass is 16.5. The first kappa shape index (κ1) is 13.3. The van der Waals surface area contributed by atoms with Crippen molar-refractivity contribution in [3.63, 3.8) is 0 Å². The van der Waals surface area contributed by atoms with Gasteiger partial charge in [-0.15, -0.1) is 0 Å². The van der Waals surface area contributed by atoms with Gasteiger partial charge in [-0.3, -0.25) is 0 Å². The highest BCUT2D eigenvalue weighted by Gasteiger charge is 2.22. The molecule has 3 nitrogen and oxygen atoms in total. The van der Waals surface area contributed by atoms with E-state index < -0.39 is 0 Å². The lowest BCUT2D eigenvalue weighted by Gasteiger charge is -2.33. The lowest BCUT2D eigenvalue weighted by atomic mass is 9.96. The fourth-order valence-corrected chi connectivity index (χ4v) is 3.16. The summed E-state index contributed by atoms with van der Waals surface area (Å²) in [5.41, 5.74) is 0. The zero-order chi connectivity index (χ0) is 11.9. The maximum absolute atomic E-state index is 5.11. The molecular weight excluding hydrogens is 212 g/mol. The molecule has 0 aromatic rings. The molecule has 0 amide bonds. The second kappa shape index (κ2) is 7.34. The first-order chi connectivity index (χ1) is 8.38. The summed E-state index contributed by atoms with van der Waals surface area (Å²) in [6, 6.07) is 0. The molecule has 0 aliphatic carbocycles. The molecule has 3 heteroatoms. The largest absolute Gasteiger partial charge is 0.385 e. The van der Waals surface area contributed by atoms with E-state index in [-0.39, 0.29) is 0 Å². The molecule has 0 N–H and O–H groups in total. The van der Waals surface area contributed by atoms with E-state index in [0.717, 1.165) is 12.5 Å². The Bertz CT molecular complexity index is 196. The Kier molecular flexibility index (Phi) is 5.75. The van der Waals surface area contributed by atoms with Gasteiger partial charge in [-0.25, -0.2) is 0 Å². The van der Waals surface area contributed by atoms with E-state index in [0.29, 0.717) is 0 Å². The van der Waals surface area contributed by atoms with Gasteiger partial charge in [0.1, 0.15) is 0 Å². The fourth-order valence-electron chi connectivity index (χ4n) is 3.16. The molecule has 0 bridgehead atoms. The van der Waals surface area contributed by atoms with Crippen LogP contribution in [0.4, 0.5) is 0 Å². The standard InChI is InChI=1S/C14H28N2O/c1-17-12-4-9-15-10-5-14(6-11-15)13-16-7-2-3-8-16/h14H,2-13H2,1H3. The molecule has 17 heavy (non-hydrogen) atoms. The van der Waals surface area contributed by atoms with Gasteiger partial charge >= 0.3 is 0 Å². The number of likely N-dealkylation sites (tertiary alicyclic amines) is 2. The second-order valence-corrected chi connectivity index (χ2v) is 5.64. The van der Waals surface area contributed by atoms with Crippen LogP contribution in [-0.2, 0) is 4.74 Å². The van der Waals surface area contributed by atoms with Crippen LogP contribution in [0.25, 0.3) is 0 Å². The van der Waals surface area contributed by atoms with Crippen LogP contribution in [0, 0.1) is 5.92 Å². The second-order valence-electron chi connectivity index (χ2n) is 5.64. The fraction of sp³-hybridized carbons (Fsp3) is 1.00. The molecule has 2 heterocycles. The summed E-state index contributed by atoms with van der Waals surface area (Å²) in [5.74, 6) is 0.965. The van der Waals surface area contributed by atoms with Gasteiger partial charge < -0.3 is 14.5 Å². The number of ether oxygens (including phenoxy) is 1. The van der Waals surface area contributed by atoms with Crippen molar-refractivity contribution in [2.45, 2.75) is 32.1 Å². The van der Waals surface area contributed by atoms with Crippen LogP contribution in [0.1, 0.15) is 32.1 Å². The summed E-state index contributed by atoms with van der Waals surface area (Å²) in [6.45, 7) is 8.83. The predicted octanol–water partition coefficient (Wildman–Crippen LogP) is 1.83. The van der Waals surface area contributed by atoms with E-state index in [9.17, 15) is 0 Å². The predicted molar refractivity (Wildman–Crippen MR) is 71.3 cm³/mol. The quantitative estimate of drug-likeness (QED) is 0.659. The van der Waals surface area contributed by atoms with E-state index in [1.54, 1.807) is 7.11 Å². The van der Waals surface area contributed by atoms with Crippen molar-refractivity contribution < 1.29 is 4.74 Å². The van der Waals surface area contributed by atoms with Crippen molar-refractivity contribution >= 4 is 0 Å². The van der Waals surface area contributed by atoms with Crippen molar-refractivity contribution in [1.82, 2.24) is 9.80 Å². The SMILES string of the molecule is COCCCN1CCC(CN2CCCC2)CC1. The molecule has 0 atom stereocenters. The lowest BCUT2D eigenvalue weighted by molar-refractivity contribution is 0.133. The minimum absolute atomic E-state index is 0.910. The third-order valence-corrected chi connectivity index (χ3v) is 4.25. The van der Waals surface area contributed by atoms with Gasteiger partial charge in [0.05, 0.1) is 0 Å². The summed E-state index contributed by atoms with van der Waals surface area (Å²) in [7, 11) is 1.79. The topological polar surface area (TPSA) is 15.7 Å². The van der Waals surface area contributed by atoms with Gasteiger partial charge in [-0.05, 0) is 64.2 Å². The van der Waals surface area contributed by atoms with Crippen LogP contribution in [-0.4, -0.2) is 62.8 Å². The third-order valence-electron chi connectivity index (χ3n) is 4.25. The monoisotopic (exact) mass is 240 g/mol. The van der Waals surface area contributed by atoms with Crippen molar-refractivity contribution in [1.29, 1.82) is 0 Å². The average molecular weight is 240 g/mol. The lowest BCUT2D eigenvalue weighted by Crippen LogP contribution is -2.38. The van der Waals surface area contributed by atoms with Crippen LogP contribution in [0.2, 0.25) is 0 Å². The Balaban J connectivity index is 1.57. The molecule has 2 fully saturated rings. The van der Waals surface area contributed by atoms with Gasteiger partial charge in [0.2, 0.25) is 0 Å². The number of nitrogens with zero attached hydrogens (tertiary/aromatic N) is 2. The molecule has 0 aromatic heterocycles. The molecular formula is C14H28N2O. The Morgan fingerprint density at radius 2 is 1.71 bits per heavy atom. The molecule has 0 spiro atoms. The smallest absolute Gasteiger partial charge is 0.0474 e. The zero-order valence-corrected chi connectivity index (χ0v) is 11.4. The maximum atomic E-state index is 5.11. The van der Waals surface area contributed by atoms with E-state index in [2.05, 4.69) is 9.80 Å². The number of piperidine rings is 1. The summed E-state index contributed by atoms with van der Waals surface area (Å²) < 4.78 is 5.11. The molecule has 2 aliphatic rings. The molecule has 0 saturated carbocycles. The van der Waals surface area contributed by atoms with Gasteiger partial charge in [-0.2, -0.15) is 0 Å². The van der Waals surface area contributed by atoms with Crippen molar-refractivity contribution in [2.75, 3.05) is 53.0 Å². The molecule has 2 aliphatic heterocycles. The van der Waals surface area contributed by atoms with Crippen LogP contribution in [0.15, 0.2) is 0 Å². The highest BCUT2D eigenvalue weighted by molar-refractivity contribution is 4.77. The zero-order valence-electron chi connectivity index (χ0n) is 11.4. The number of rotatable bonds is 6. The molecule has 2 saturated heterocycles. The summed E-state index contributed by atoms with van der Waals surface area (Å²) >= 11 is 0. The maximum Gasteiger partial charge on any atom is 0.0474 e. The van der Waals surface area contributed by atoms with Gasteiger partial charge in [-0.1, -0.05) is 0 Å². The van der Waals surface area contributed by atoms with E-state index >= 15 is 0 Å². The van der Waals surface area contributed by atoms with E-state index in [4.69, 9.17) is 4.74 Å². The van der Waals surface area contributed by atoms with Crippen molar-refractivity contribution in [3.05, 3.63) is 0 Å². The summed E-state index contributed by atoms with van der Waals surface area (Å²) in [5, 5.41) is 0. The first-order valence-corrected chi connectivity index (χ1v) is 7.32. The number of methoxy groups -OCH3 is 1. The van der Waals surface area contributed by atoms with Gasteiger partial charge in [0, 0.05) is 26.8 Å². The van der Waals surface area contributed by atoms with Gasteiger partial charge in [0.15, 0.2) is 0 Å². The Hall–Kier alpha value is -0.120. The first-order valence-electron chi connectivity index (χ1n) is 7.32. The Morgan fingerprint density at radius 1 is 1.00 bits per heavy atom. The van der Waals surface area contributed by atoms with Crippen LogP contribution < -0.4 is 0 Å². The van der Waals surface area contributed by atoms with E-state index in [1.165, 1.54) is 71.4 Å². The molecule has 0 aromatic carbocycles. The van der Waals surface area contributed by atoms with E-state index in [1.807, 2.05) is 0 Å². The molecule has 0 unspecified atom stereocenters. The molecule has 100 valence electrons. The Morgan fingerprint density at radius 3 is 2.35 bits per heavy atom. The highest BCUT2D eigenvalue weighted by Crippen LogP contribution is 2.20. The molecule has 0 radical (unpaired) electrons. The van der Waals surface area contributed by atoms with Crippen LogP contribution in [0.3, 0.4) is 0 Å². The third kappa shape index (κ3) is 4.57.